The number of rotatable bonds is 3. The highest BCUT2D eigenvalue weighted by Gasteiger charge is 2.08. The average molecular weight is 193 g/mol. The second-order valence-electron chi connectivity index (χ2n) is 3.42. The van der Waals surface area contributed by atoms with Gasteiger partial charge in [0, 0.05) is 12.0 Å². The molecule has 0 saturated heterocycles. The van der Waals surface area contributed by atoms with Crippen LogP contribution in [0.2, 0.25) is 0 Å². The van der Waals surface area contributed by atoms with Crippen LogP contribution in [0.25, 0.3) is 0 Å². The van der Waals surface area contributed by atoms with Crippen molar-refractivity contribution in [3.8, 4) is 5.75 Å². The molecule has 0 radical (unpaired) electrons. The Kier molecular flexibility index (Phi) is 3.25. The van der Waals surface area contributed by atoms with E-state index in [1.54, 1.807) is 26.0 Å². The number of Topliss-reactive ketones (excluding diaryl/α,β-unsaturated/α-hetero) is 1. The lowest BCUT2D eigenvalue weighted by molar-refractivity contribution is 0.0985. The van der Waals surface area contributed by atoms with Crippen LogP contribution in [0.15, 0.2) is 12.1 Å². The molecule has 0 aliphatic carbocycles. The Hall–Kier alpha value is -1.35. The molecule has 3 nitrogen and oxygen atoms in total. The van der Waals surface area contributed by atoms with Gasteiger partial charge in [-0.25, -0.2) is 0 Å². The first-order valence-electron chi connectivity index (χ1n) is 4.59. The van der Waals surface area contributed by atoms with E-state index in [1.807, 2.05) is 0 Å². The van der Waals surface area contributed by atoms with Crippen LogP contribution >= 0.6 is 0 Å². The molecule has 0 atom stereocenters. The van der Waals surface area contributed by atoms with Crippen molar-refractivity contribution < 1.29 is 9.90 Å². The summed E-state index contributed by atoms with van der Waals surface area (Å²) in [7, 11) is 0. The van der Waals surface area contributed by atoms with Crippen LogP contribution in [-0.2, 0) is 0 Å². The Bertz CT molecular complexity index is 335. The zero-order valence-corrected chi connectivity index (χ0v) is 8.50. The van der Waals surface area contributed by atoms with Crippen LogP contribution in [-0.4, -0.2) is 17.4 Å². The van der Waals surface area contributed by atoms with E-state index in [-0.39, 0.29) is 11.5 Å². The molecular weight excluding hydrogens is 178 g/mol. The summed E-state index contributed by atoms with van der Waals surface area (Å²) in [6, 6.07) is 3.39. The molecule has 76 valence electrons. The maximum absolute atomic E-state index is 11.5. The Morgan fingerprint density at radius 1 is 1.36 bits per heavy atom. The molecule has 3 heteroatoms. The zero-order valence-electron chi connectivity index (χ0n) is 8.50. The lowest BCUT2D eigenvalue weighted by Gasteiger charge is -2.06. The quantitative estimate of drug-likeness (QED) is 0.716. The number of aromatic hydroxyl groups is 1. The molecule has 0 saturated carbocycles. The topological polar surface area (TPSA) is 63.3 Å². The number of phenols is 1. The van der Waals surface area contributed by atoms with Crippen molar-refractivity contribution in [3.05, 3.63) is 28.8 Å². The third-order valence-corrected chi connectivity index (χ3v) is 2.18. The van der Waals surface area contributed by atoms with Crippen molar-refractivity contribution >= 4 is 5.78 Å². The van der Waals surface area contributed by atoms with Gasteiger partial charge >= 0.3 is 0 Å². The highest BCUT2D eigenvalue weighted by atomic mass is 16.3. The molecule has 0 spiro atoms. The first-order chi connectivity index (χ1) is 6.56. The summed E-state index contributed by atoms with van der Waals surface area (Å²) in [5, 5.41) is 9.51. The third-order valence-electron chi connectivity index (χ3n) is 2.18. The molecule has 0 aliphatic heterocycles. The van der Waals surface area contributed by atoms with Crippen molar-refractivity contribution in [2.75, 3.05) is 6.54 Å². The van der Waals surface area contributed by atoms with Crippen LogP contribution < -0.4 is 5.73 Å². The summed E-state index contributed by atoms with van der Waals surface area (Å²) in [5.74, 6) is 0.285. The van der Waals surface area contributed by atoms with Gasteiger partial charge in [-0.05, 0) is 43.7 Å². The second kappa shape index (κ2) is 4.24. The number of benzene rings is 1. The number of carbonyl (C=O) groups excluding carboxylic acids is 1. The number of carbonyl (C=O) groups is 1. The van der Waals surface area contributed by atoms with Gasteiger partial charge in [-0.1, -0.05) is 0 Å². The molecule has 3 N–H and O–H groups in total. The number of ketones is 1. The molecule has 0 heterocycles. The molecule has 1 rings (SSSR count). The van der Waals surface area contributed by atoms with Gasteiger partial charge in [0.2, 0.25) is 0 Å². The largest absolute Gasteiger partial charge is 0.507 e. The first kappa shape index (κ1) is 10.7. The van der Waals surface area contributed by atoms with Crippen molar-refractivity contribution in [2.24, 2.45) is 5.73 Å². The summed E-state index contributed by atoms with van der Waals surface area (Å²) in [6.45, 7) is 3.92. The lowest BCUT2D eigenvalue weighted by atomic mass is 10.0. The molecule has 14 heavy (non-hydrogen) atoms. The molecular formula is C11H15NO2. The van der Waals surface area contributed by atoms with E-state index in [9.17, 15) is 9.90 Å². The van der Waals surface area contributed by atoms with E-state index >= 15 is 0 Å². The fourth-order valence-corrected chi connectivity index (χ4v) is 1.39. The number of nitrogens with two attached hydrogens (primary N) is 1. The van der Waals surface area contributed by atoms with Crippen LogP contribution in [0.1, 0.15) is 27.9 Å². The van der Waals surface area contributed by atoms with Crippen LogP contribution in [0.5, 0.6) is 5.75 Å². The van der Waals surface area contributed by atoms with Gasteiger partial charge in [0.1, 0.15) is 5.75 Å². The van der Waals surface area contributed by atoms with E-state index in [4.69, 9.17) is 5.73 Å². The van der Waals surface area contributed by atoms with Gasteiger partial charge < -0.3 is 10.8 Å². The fourth-order valence-electron chi connectivity index (χ4n) is 1.39. The van der Waals surface area contributed by atoms with Gasteiger partial charge in [0.05, 0.1) is 0 Å². The number of phenolic OH excluding ortho intramolecular Hbond substituents is 1. The maximum atomic E-state index is 11.5. The van der Waals surface area contributed by atoms with E-state index in [2.05, 4.69) is 0 Å². The van der Waals surface area contributed by atoms with Gasteiger partial charge in [-0.15, -0.1) is 0 Å². The lowest BCUT2D eigenvalue weighted by Crippen LogP contribution is -2.08. The monoisotopic (exact) mass is 193 g/mol. The summed E-state index contributed by atoms with van der Waals surface area (Å²) in [5.41, 5.74) is 7.38. The minimum atomic E-state index is 0.0266. The van der Waals surface area contributed by atoms with E-state index in [0.29, 0.717) is 18.5 Å². The van der Waals surface area contributed by atoms with Crippen LogP contribution in [0.4, 0.5) is 0 Å². The Labute approximate surface area is 83.6 Å². The predicted molar refractivity (Wildman–Crippen MR) is 55.6 cm³/mol. The van der Waals surface area contributed by atoms with Gasteiger partial charge in [0.15, 0.2) is 5.78 Å². The van der Waals surface area contributed by atoms with Gasteiger partial charge in [0.25, 0.3) is 0 Å². The summed E-state index contributed by atoms with van der Waals surface area (Å²) in [4.78, 5) is 11.5. The molecule has 0 fully saturated rings. The normalized spacial score (nSPS) is 10.2. The smallest absolute Gasteiger partial charge is 0.164 e. The summed E-state index contributed by atoms with van der Waals surface area (Å²) in [6.07, 6.45) is 0.351. The number of hydrogen-bond acceptors (Lipinski definition) is 3. The van der Waals surface area contributed by atoms with Crippen LogP contribution in [0.3, 0.4) is 0 Å². The van der Waals surface area contributed by atoms with E-state index in [1.165, 1.54) is 0 Å². The van der Waals surface area contributed by atoms with Crippen LogP contribution in [0, 0.1) is 13.8 Å². The maximum Gasteiger partial charge on any atom is 0.164 e. The van der Waals surface area contributed by atoms with E-state index < -0.39 is 0 Å². The Balaban J connectivity index is 3.06. The fraction of sp³-hybridized carbons (Fsp3) is 0.364. The van der Waals surface area contributed by atoms with Crippen molar-refractivity contribution in [2.45, 2.75) is 20.3 Å². The minimum absolute atomic E-state index is 0.0266. The molecule has 1 aromatic rings. The second-order valence-corrected chi connectivity index (χ2v) is 3.42. The Morgan fingerprint density at radius 2 is 1.86 bits per heavy atom. The highest BCUT2D eigenvalue weighted by Crippen LogP contribution is 2.23. The summed E-state index contributed by atoms with van der Waals surface area (Å²) >= 11 is 0. The molecule has 0 bridgehead atoms. The molecule has 0 amide bonds. The van der Waals surface area contributed by atoms with Crippen molar-refractivity contribution in [1.82, 2.24) is 0 Å². The SMILES string of the molecule is Cc1cc(C(=O)CCN)cc(C)c1O. The van der Waals surface area contributed by atoms with Gasteiger partial charge in [-0.2, -0.15) is 0 Å². The third kappa shape index (κ3) is 2.12. The molecule has 0 unspecified atom stereocenters. The molecule has 1 aromatic carbocycles. The van der Waals surface area contributed by atoms with Crippen molar-refractivity contribution in [3.63, 3.8) is 0 Å². The van der Waals surface area contributed by atoms with Gasteiger partial charge in [-0.3, -0.25) is 4.79 Å². The zero-order chi connectivity index (χ0) is 10.7. The highest BCUT2D eigenvalue weighted by molar-refractivity contribution is 5.96. The standard InChI is InChI=1S/C11H15NO2/c1-7-5-9(10(13)3-4-12)6-8(2)11(7)14/h5-6,14H,3-4,12H2,1-2H3. The number of aryl methyl sites for hydroxylation is 2. The first-order valence-corrected chi connectivity index (χ1v) is 4.59. The minimum Gasteiger partial charge on any atom is -0.507 e. The molecule has 0 aromatic heterocycles. The Morgan fingerprint density at radius 3 is 2.29 bits per heavy atom. The summed E-state index contributed by atoms with van der Waals surface area (Å²) < 4.78 is 0. The van der Waals surface area contributed by atoms with E-state index in [0.717, 1.165) is 11.1 Å². The molecule has 0 aliphatic rings. The predicted octanol–water partition coefficient (Wildman–Crippen LogP) is 1.54. The van der Waals surface area contributed by atoms with Crippen molar-refractivity contribution in [1.29, 1.82) is 0 Å². The average Bonchev–Trinajstić information content (AvgIpc) is 2.13. The number of hydrogen-bond donors (Lipinski definition) is 2.